The topological polar surface area (TPSA) is 72.7 Å². The Morgan fingerprint density at radius 3 is 2.23 bits per heavy atom. The van der Waals surface area contributed by atoms with Crippen LogP contribution in [-0.2, 0) is 17.6 Å². The molecule has 134 valence electrons. The highest BCUT2D eigenvalue weighted by atomic mass is 32.2. The van der Waals surface area contributed by atoms with Crippen LogP contribution in [-0.4, -0.2) is 31.9 Å². The third kappa shape index (κ3) is 4.49. The number of aromatic nitrogens is 4. The molecule has 0 saturated carbocycles. The van der Waals surface area contributed by atoms with E-state index in [0.29, 0.717) is 5.16 Å². The summed E-state index contributed by atoms with van der Waals surface area (Å²) in [5.41, 5.74) is 4.17. The average molecular weight is 367 g/mol. The van der Waals surface area contributed by atoms with Gasteiger partial charge in [-0.25, -0.2) is 0 Å². The van der Waals surface area contributed by atoms with Gasteiger partial charge in [-0.3, -0.25) is 4.79 Å². The van der Waals surface area contributed by atoms with Gasteiger partial charge in [0.1, 0.15) is 0 Å². The minimum atomic E-state index is -0.0878. The smallest absolute Gasteiger partial charge is 0.234 e. The molecule has 1 amide bonds. The second kappa shape index (κ2) is 8.62. The van der Waals surface area contributed by atoms with Crippen molar-refractivity contribution >= 4 is 23.4 Å². The number of tetrazole rings is 1. The SMILES string of the molecule is CCc1ccc(NC(=O)CSc2nnnn2-c2ccc(CC)cc2)cc1. The fourth-order valence-corrected chi connectivity index (χ4v) is 3.15. The van der Waals surface area contributed by atoms with E-state index in [1.54, 1.807) is 4.68 Å². The summed E-state index contributed by atoms with van der Waals surface area (Å²) in [6.45, 7) is 4.21. The van der Waals surface area contributed by atoms with Gasteiger partial charge in [0.25, 0.3) is 0 Å². The van der Waals surface area contributed by atoms with E-state index in [4.69, 9.17) is 0 Å². The number of carbonyl (C=O) groups excluding carboxylic acids is 1. The quantitative estimate of drug-likeness (QED) is 0.647. The Kier molecular flexibility index (Phi) is 6.01. The van der Waals surface area contributed by atoms with Crippen LogP contribution in [0.4, 0.5) is 5.69 Å². The van der Waals surface area contributed by atoms with Crippen LogP contribution < -0.4 is 5.32 Å². The standard InChI is InChI=1S/C19H21N5OS/c1-3-14-5-9-16(10-6-14)20-18(25)13-26-19-21-22-23-24(19)17-11-7-15(4-2)8-12-17/h5-12H,3-4,13H2,1-2H3,(H,20,25). The Labute approximate surface area is 157 Å². The predicted molar refractivity (Wildman–Crippen MR) is 104 cm³/mol. The van der Waals surface area contributed by atoms with Gasteiger partial charge in [-0.05, 0) is 58.7 Å². The molecule has 1 heterocycles. The molecule has 0 saturated heterocycles. The zero-order valence-electron chi connectivity index (χ0n) is 14.8. The van der Waals surface area contributed by atoms with E-state index in [0.717, 1.165) is 24.2 Å². The Morgan fingerprint density at radius 1 is 1.00 bits per heavy atom. The first-order valence-corrected chi connectivity index (χ1v) is 9.57. The summed E-state index contributed by atoms with van der Waals surface area (Å²) in [5.74, 6) is 0.151. The Balaban J connectivity index is 1.60. The van der Waals surface area contributed by atoms with Crippen LogP contribution in [0.15, 0.2) is 53.7 Å². The van der Waals surface area contributed by atoms with Crippen molar-refractivity contribution in [1.29, 1.82) is 0 Å². The first-order chi connectivity index (χ1) is 12.7. The van der Waals surface area contributed by atoms with E-state index < -0.39 is 0 Å². The lowest BCUT2D eigenvalue weighted by Gasteiger charge is -2.07. The molecule has 2 aromatic carbocycles. The largest absolute Gasteiger partial charge is 0.325 e. The molecule has 0 aliphatic heterocycles. The predicted octanol–water partition coefficient (Wildman–Crippen LogP) is 3.52. The van der Waals surface area contributed by atoms with Crippen molar-refractivity contribution in [1.82, 2.24) is 20.2 Å². The summed E-state index contributed by atoms with van der Waals surface area (Å²) in [7, 11) is 0. The number of benzene rings is 2. The average Bonchev–Trinajstić information content (AvgIpc) is 3.15. The number of anilines is 1. The fourth-order valence-electron chi connectivity index (χ4n) is 2.45. The second-order valence-corrected chi connectivity index (χ2v) is 6.72. The minimum Gasteiger partial charge on any atom is -0.325 e. The molecule has 3 aromatic rings. The van der Waals surface area contributed by atoms with Crippen molar-refractivity contribution in [3.63, 3.8) is 0 Å². The molecule has 0 bridgehead atoms. The molecule has 26 heavy (non-hydrogen) atoms. The zero-order valence-corrected chi connectivity index (χ0v) is 15.7. The van der Waals surface area contributed by atoms with Crippen LogP contribution in [0.25, 0.3) is 5.69 Å². The van der Waals surface area contributed by atoms with Gasteiger partial charge in [-0.15, -0.1) is 5.10 Å². The third-order valence-electron chi connectivity index (χ3n) is 4.01. The first kappa shape index (κ1) is 18.1. The van der Waals surface area contributed by atoms with E-state index in [1.165, 1.54) is 22.9 Å². The molecule has 0 aliphatic rings. The van der Waals surface area contributed by atoms with Crippen molar-refractivity contribution in [3.8, 4) is 5.69 Å². The van der Waals surface area contributed by atoms with Crippen LogP contribution in [0.2, 0.25) is 0 Å². The lowest BCUT2D eigenvalue weighted by Crippen LogP contribution is -2.14. The normalized spacial score (nSPS) is 10.7. The van der Waals surface area contributed by atoms with Gasteiger partial charge in [0.15, 0.2) is 0 Å². The van der Waals surface area contributed by atoms with E-state index in [9.17, 15) is 4.79 Å². The number of nitrogens with zero attached hydrogens (tertiary/aromatic N) is 4. The number of carbonyl (C=O) groups is 1. The van der Waals surface area contributed by atoms with Gasteiger partial charge < -0.3 is 5.32 Å². The Morgan fingerprint density at radius 2 is 1.62 bits per heavy atom. The molecule has 6 nitrogen and oxygen atoms in total. The number of rotatable bonds is 7. The van der Waals surface area contributed by atoms with Gasteiger partial charge in [0, 0.05) is 5.69 Å². The van der Waals surface area contributed by atoms with E-state index in [1.807, 2.05) is 36.4 Å². The molecule has 3 rings (SSSR count). The van der Waals surface area contributed by atoms with Crippen LogP contribution in [0.5, 0.6) is 0 Å². The van der Waals surface area contributed by atoms with Gasteiger partial charge >= 0.3 is 0 Å². The maximum atomic E-state index is 12.2. The Hall–Kier alpha value is -2.67. The third-order valence-corrected chi connectivity index (χ3v) is 4.93. The second-order valence-electron chi connectivity index (χ2n) is 5.78. The summed E-state index contributed by atoms with van der Waals surface area (Å²) < 4.78 is 1.65. The summed E-state index contributed by atoms with van der Waals surface area (Å²) in [4.78, 5) is 12.2. The molecular weight excluding hydrogens is 346 g/mol. The maximum absolute atomic E-state index is 12.2. The lowest BCUT2D eigenvalue weighted by atomic mass is 10.1. The molecule has 1 aromatic heterocycles. The van der Waals surface area contributed by atoms with E-state index in [2.05, 4.69) is 46.8 Å². The van der Waals surface area contributed by atoms with Crippen LogP contribution in [0.1, 0.15) is 25.0 Å². The minimum absolute atomic E-state index is 0.0878. The number of hydrogen-bond donors (Lipinski definition) is 1. The van der Waals surface area contributed by atoms with Crippen LogP contribution in [0, 0.1) is 0 Å². The maximum Gasteiger partial charge on any atom is 0.234 e. The highest BCUT2D eigenvalue weighted by Crippen LogP contribution is 2.19. The van der Waals surface area contributed by atoms with Gasteiger partial charge in [-0.2, -0.15) is 4.68 Å². The molecule has 0 atom stereocenters. The Bertz CT molecular complexity index is 858. The molecule has 0 radical (unpaired) electrons. The number of aryl methyl sites for hydroxylation is 2. The van der Waals surface area contributed by atoms with E-state index in [-0.39, 0.29) is 11.7 Å². The van der Waals surface area contributed by atoms with Crippen LogP contribution in [0.3, 0.4) is 0 Å². The molecule has 7 heteroatoms. The highest BCUT2D eigenvalue weighted by Gasteiger charge is 2.12. The lowest BCUT2D eigenvalue weighted by molar-refractivity contribution is -0.113. The van der Waals surface area contributed by atoms with E-state index >= 15 is 0 Å². The molecule has 0 fully saturated rings. The molecule has 0 unspecified atom stereocenters. The number of amides is 1. The summed E-state index contributed by atoms with van der Waals surface area (Å²) >= 11 is 1.31. The van der Waals surface area contributed by atoms with Gasteiger partial charge in [-0.1, -0.05) is 49.9 Å². The van der Waals surface area contributed by atoms with Gasteiger partial charge in [0.2, 0.25) is 11.1 Å². The fraction of sp³-hybridized carbons (Fsp3) is 0.263. The van der Waals surface area contributed by atoms with Crippen molar-refractivity contribution in [3.05, 3.63) is 59.7 Å². The van der Waals surface area contributed by atoms with Crippen molar-refractivity contribution in [2.45, 2.75) is 31.8 Å². The zero-order chi connectivity index (χ0) is 18.4. The number of nitrogens with one attached hydrogen (secondary N) is 1. The number of thioether (sulfide) groups is 1. The van der Waals surface area contributed by atoms with Crippen LogP contribution >= 0.6 is 11.8 Å². The molecule has 0 spiro atoms. The first-order valence-electron chi connectivity index (χ1n) is 8.59. The summed E-state index contributed by atoms with van der Waals surface area (Å²) in [5, 5.41) is 15.3. The number of hydrogen-bond acceptors (Lipinski definition) is 5. The van der Waals surface area contributed by atoms with Crippen molar-refractivity contribution < 1.29 is 4.79 Å². The van der Waals surface area contributed by atoms with Gasteiger partial charge in [0.05, 0.1) is 11.4 Å². The monoisotopic (exact) mass is 367 g/mol. The molecule has 1 N–H and O–H groups in total. The summed E-state index contributed by atoms with van der Waals surface area (Å²) in [6, 6.07) is 15.9. The van der Waals surface area contributed by atoms with Crippen molar-refractivity contribution in [2.24, 2.45) is 0 Å². The highest BCUT2D eigenvalue weighted by molar-refractivity contribution is 7.99. The molecule has 0 aliphatic carbocycles. The van der Waals surface area contributed by atoms with Crippen molar-refractivity contribution in [2.75, 3.05) is 11.1 Å². The molecular formula is C19H21N5OS. The summed E-state index contributed by atoms with van der Waals surface area (Å²) in [6.07, 6.45) is 1.96.